The van der Waals surface area contributed by atoms with E-state index in [0.29, 0.717) is 28.5 Å². The summed E-state index contributed by atoms with van der Waals surface area (Å²) in [6, 6.07) is 11.2. The Kier molecular flexibility index (Phi) is 8.51. The Morgan fingerprint density at radius 1 is 1.17 bits per heavy atom. The Morgan fingerprint density at radius 3 is 2.71 bits per heavy atom. The van der Waals surface area contributed by atoms with Crippen molar-refractivity contribution in [1.29, 1.82) is 0 Å². The molecule has 1 aromatic carbocycles. The summed E-state index contributed by atoms with van der Waals surface area (Å²) in [5, 5.41) is 4.21. The van der Waals surface area contributed by atoms with Crippen molar-refractivity contribution < 1.29 is 4.79 Å². The van der Waals surface area contributed by atoms with Crippen LogP contribution in [-0.4, -0.2) is 44.8 Å². The van der Waals surface area contributed by atoms with E-state index >= 15 is 0 Å². The third-order valence-corrected chi connectivity index (χ3v) is 8.15. The molecule has 1 saturated heterocycles. The first-order chi connectivity index (χ1) is 19.7. The van der Waals surface area contributed by atoms with E-state index in [9.17, 15) is 9.59 Å². The number of nitrogens with zero attached hydrogens (tertiary/aromatic N) is 5. The van der Waals surface area contributed by atoms with Gasteiger partial charge in [0.2, 0.25) is 5.95 Å². The largest absolute Gasteiger partial charge is 0.377 e. The Hall–Kier alpha value is -3.63. The smallest absolute Gasteiger partial charge is 0.281 e. The molecule has 0 bridgehead atoms. The fourth-order valence-electron chi connectivity index (χ4n) is 5.48. The van der Waals surface area contributed by atoms with Gasteiger partial charge in [0.05, 0.1) is 22.6 Å². The second-order valence-electron chi connectivity index (χ2n) is 10.6. The molecule has 0 radical (unpaired) electrons. The van der Waals surface area contributed by atoms with Crippen molar-refractivity contribution in [1.82, 2.24) is 24.2 Å². The molecule has 1 fully saturated rings. The molecule has 11 heteroatoms. The molecular weight excluding hydrogens is 558 g/mol. The van der Waals surface area contributed by atoms with E-state index < -0.39 is 0 Å². The zero-order valence-electron chi connectivity index (χ0n) is 23.9. The van der Waals surface area contributed by atoms with Gasteiger partial charge in [-0.05, 0) is 69.0 Å². The maximum atomic E-state index is 13.7. The van der Waals surface area contributed by atoms with Crippen molar-refractivity contribution in [2.45, 2.75) is 45.6 Å². The van der Waals surface area contributed by atoms with Gasteiger partial charge < -0.3 is 10.2 Å². The summed E-state index contributed by atoms with van der Waals surface area (Å²) in [7, 11) is 1.79. The van der Waals surface area contributed by atoms with Crippen molar-refractivity contribution in [2.75, 3.05) is 29.6 Å². The Bertz CT molecular complexity index is 1660. The van der Waals surface area contributed by atoms with E-state index in [-0.39, 0.29) is 28.4 Å². The van der Waals surface area contributed by atoms with Crippen LogP contribution in [0.3, 0.4) is 0 Å². The lowest BCUT2D eigenvalue weighted by Gasteiger charge is -2.34. The number of hydrogen-bond acceptors (Lipinski definition) is 8. The van der Waals surface area contributed by atoms with Crippen molar-refractivity contribution in [3.63, 3.8) is 0 Å². The number of piperidine rings is 1. The van der Waals surface area contributed by atoms with Crippen LogP contribution < -0.4 is 20.5 Å². The monoisotopic (exact) mass is 591 g/mol. The zero-order chi connectivity index (χ0) is 29.3. The molecule has 2 atom stereocenters. The number of carbonyl (C=O) groups excluding carboxylic acids is 1. The molecule has 9 nitrogen and oxygen atoms in total. The number of anilines is 2. The lowest BCUT2D eigenvalue weighted by atomic mass is 9.91. The van der Waals surface area contributed by atoms with Crippen LogP contribution in [0, 0.1) is 13.8 Å². The normalized spacial score (nSPS) is 16.0. The molecule has 5 rings (SSSR count). The predicted octanol–water partition coefficient (Wildman–Crippen LogP) is 5.56. The molecule has 0 saturated carbocycles. The molecule has 1 aliphatic heterocycles. The Morgan fingerprint density at radius 2 is 1.98 bits per heavy atom. The highest BCUT2D eigenvalue weighted by Crippen LogP contribution is 2.32. The topological polar surface area (TPSA) is 105 Å². The maximum absolute atomic E-state index is 13.7. The van der Waals surface area contributed by atoms with E-state index in [1.54, 1.807) is 30.0 Å². The molecule has 0 aliphatic carbocycles. The minimum atomic E-state index is -0.346. The highest BCUT2D eigenvalue weighted by Gasteiger charge is 2.26. The van der Waals surface area contributed by atoms with Gasteiger partial charge in [0.15, 0.2) is 5.69 Å². The number of fused-ring (bicyclic) bond motifs is 1. The number of benzene rings is 1. The van der Waals surface area contributed by atoms with E-state index in [4.69, 9.17) is 16.6 Å². The van der Waals surface area contributed by atoms with Gasteiger partial charge in [0.25, 0.3) is 11.5 Å². The number of carbonyl (C=O) groups is 1. The van der Waals surface area contributed by atoms with Gasteiger partial charge in [-0.15, -0.1) is 0 Å². The van der Waals surface area contributed by atoms with Crippen LogP contribution in [0.2, 0.25) is 5.15 Å². The molecular formula is C30H34ClN7O2S. The number of amides is 1. The lowest BCUT2D eigenvalue weighted by Crippen LogP contribution is -2.39. The van der Waals surface area contributed by atoms with Gasteiger partial charge in [0.1, 0.15) is 5.15 Å². The first kappa shape index (κ1) is 28.9. The number of aryl methyl sites for hydroxylation is 2. The number of rotatable bonds is 7. The van der Waals surface area contributed by atoms with Crippen molar-refractivity contribution in [3.05, 3.63) is 86.2 Å². The maximum Gasteiger partial charge on any atom is 0.281 e. The Balaban J connectivity index is 1.53. The van der Waals surface area contributed by atoms with Crippen molar-refractivity contribution in [2.24, 2.45) is 7.05 Å². The SMILES string of the molecule is CSNC(=O)c1nc(Cl)ccc1NC(C)c1cc(C)cc2c(=O)n(C)c(N3CCCC(c4ccc(C)nc4)C3)nc12. The van der Waals surface area contributed by atoms with Crippen LogP contribution in [-0.2, 0) is 7.05 Å². The second-order valence-corrected chi connectivity index (χ2v) is 11.6. The van der Waals surface area contributed by atoms with Crippen LogP contribution >= 0.6 is 23.5 Å². The molecule has 3 aromatic heterocycles. The van der Waals surface area contributed by atoms with Crippen molar-refractivity contribution >= 4 is 52.0 Å². The summed E-state index contributed by atoms with van der Waals surface area (Å²) >= 11 is 7.30. The number of halogens is 1. The molecule has 1 aliphatic rings. The van der Waals surface area contributed by atoms with E-state index in [1.807, 2.05) is 45.2 Å². The fourth-order valence-corrected chi connectivity index (χ4v) is 5.91. The summed E-state index contributed by atoms with van der Waals surface area (Å²) in [4.78, 5) is 42.5. The minimum absolute atomic E-state index is 0.0885. The van der Waals surface area contributed by atoms with Crippen LogP contribution in [0.25, 0.3) is 10.9 Å². The number of hydrogen-bond donors (Lipinski definition) is 2. The molecule has 4 aromatic rings. The van der Waals surface area contributed by atoms with Gasteiger partial charge >= 0.3 is 0 Å². The quantitative estimate of drug-likeness (QED) is 0.213. The molecule has 41 heavy (non-hydrogen) atoms. The van der Waals surface area contributed by atoms with Crippen LogP contribution in [0.4, 0.5) is 11.6 Å². The summed E-state index contributed by atoms with van der Waals surface area (Å²) in [5.41, 5.74) is 5.31. The molecule has 0 spiro atoms. The van der Waals surface area contributed by atoms with E-state index in [2.05, 4.69) is 31.0 Å². The molecule has 2 unspecified atom stereocenters. The first-order valence-corrected chi connectivity index (χ1v) is 15.2. The molecule has 2 N–H and O–H groups in total. The van der Waals surface area contributed by atoms with E-state index in [0.717, 1.165) is 42.8 Å². The Labute approximate surface area is 248 Å². The zero-order valence-corrected chi connectivity index (χ0v) is 25.4. The summed E-state index contributed by atoms with van der Waals surface area (Å²) in [5.74, 6) is 0.616. The number of pyridine rings is 2. The van der Waals surface area contributed by atoms with Crippen LogP contribution in [0.5, 0.6) is 0 Å². The highest BCUT2D eigenvalue weighted by atomic mass is 35.5. The van der Waals surface area contributed by atoms with Gasteiger partial charge in [-0.1, -0.05) is 35.7 Å². The summed E-state index contributed by atoms with van der Waals surface area (Å²) < 4.78 is 4.37. The van der Waals surface area contributed by atoms with Gasteiger partial charge in [-0.3, -0.25) is 23.9 Å². The molecule has 4 heterocycles. The third kappa shape index (κ3) is 6.04. The van der Waals surface area contributed by atoms with Crippen LogP contribution in [0.15, 0.2) is 47.4 Å². The highest BCUT2D eigenvalue weighted by molar-refractivity contribution is 7.97. The van der Waals surface area contributed by atoms with Crippen LogP contribution in [0.1, 0.15) is 64.6 Å². The molecule has 214 valence electrons. The van der Waals surface area contributed by atoms with E-state index in [1.165, 1.54) is 17.5 Å². The molecule has 1 amide bonds. The van der Waals surface area contributed by atoms with Crippen molar-refractivity contribution in [3.8, 4) is 0 Å². The second kappa shape index (κ2) is 12.1. The first-order valence-electron chi connectivity index (χ1n) is 13.6. The van der Waals surface area contributed by atoms with Gasteiger partial charge in [-0.2, -0.15) is 0 Å². The number of nitrogens with one attached hydrogen (secondary N) is 2. The average molecular weight is 592 g/mol. The van der Waals surface area contributed by atoms with Gasteiger partial charge in [0, 0.05) is 49.8 Å². The third-order valence-electron chi connectivity index (χ3n) is 7.55. The average Bonchev–Trinajstić information content (AvgIpc) is 2.96. The fraction of sp³-hybridized carbons (Fsp3) is 0.367. The standard InChI is InChI=1S/C30H34ClN7O2S/c1-17-13-22(19(3)33-24-10-11-25(31)34-27(24)28(39)36-41-5)26-23(14-17)29(40)37(4)30(35-26)38-12-6-7-21(16-38)20-9-8-18(2)32-15-20/h8-11,13-15,19,21,33H,6-7,12,16H2,1-5H3,(H,36,39). The van der Waals surface area contributed by atoms with Gasteiger partial charge in [-0.25, -0.2) is 9.97 Å². The summed E-state index contributed by atoms with van der Waals surface area (Å²) in [6.45, 7) is 7.52. The predicted molar refractivity (Wildman–Crippen MR) is 167 cm³/mol. The minimum Gasteiger partial charge on any atom is -0.377 e. The summed E-state index contributed by atoms with van der Waals surface area (Å²) in [6.07, 6.45) is 5.79. The number of aromatic nitrogens is 4. The lowest BCUT2D eigenvalue weighted by molar-refractivity contribution is 0.0980.